The van der Waals surface area contributed by atoms with E-state index in [-0.39, 0.29) is 11.1 Å². The molecule has 2 heterocycles. The minimum absolute atomic E-state index is 0.111. The Labute approximate surface area is 108 Å². The van der Waals surface area contributed by atoms with Gasteiger partial charge in [-0.2, -0.15) is 5.10 Å². The van der Waals surface area contributed by atoms with E-state index in [1.807, 2.05) is 6.92 Å². The van der Waals surface area contributed by atoms with Gasteiger partial charge in [0.05, 0.1) is 24.0 Å². The van der Waals surface area contributed by atoms with E-state index in [0.29, 0.717) is 17.6 Å². The van der Waals surface area contributed by atoms with Crippen LogP contribution in [0.15, 0.2) is 15.5 Å². The van der Waals surface area contributed by atoms with Gasteiger partial charge in [-0.05, 0) is 36.2 Å². The van der Waals surface area contributed by atoms with Crippen LogP contribution in [-0.2, 0) is 11.3 Å². The maximum absolute atomic E-state index is 11.9. The number of hydrogen-bond donors (Lipinski definition) is 1. The van der Waals surface area contributed by atoms with Gasteiger partial charge in [0.1, 0.15) is 4.47 Å². The highest BCUT2D eigenvalue weighted by Gasteiger charge is 2.30. The molecule has 1 unspecified atom stereocenters. The van der Waals surface area contributed by atoms with Crippen molar-refractivity contribution in [1.82, 2.24) is 9.78 Å². The van der Waals surface area contributed by atoms with Gasteiger partial charge in [-0.3, -0.25) is 4.79 Å². The summed E-state index contributed by atoms with van der Waals surface area (Å²) in [5, 5.41) is 7.43. The average molecular weight is 302 g/mol. The van der Waals surface area contributed by atoms with E-state index >= 15 is 0 Å². The summed E-state index contributed by atoms with van der Waals surface area (Å²) in [6, 6.07) is 0. The maximum atomic E-state index is 11.9. The van der Waals surface area contributed by atoms with E-state index in [1.54, 1.807) is 6.20 Å². The summed E-state index contributed by atoms with van der Waals surface area (Å²) >= 11 is 3.33. The third-order valence-electron chi connectivity index (χ3n) is 2.94. The number of rotatable bonds is 3. The van der Waals surface area contributed by atoms with Crippen LogP contribution in [0.2, 0.25) is 0 Å². The number of nitrogens with one attached hydrogen (secondary N) is 1. The van der Waals surface area contributed by atoms with Crippen molar-refractivity contribution in [1.29, 1.82) is 0 Å². The second-order valence-electron chi connectivity index (χ2n) is 4.48. The van der Waals surface area contributed by atoms with Crippen LogP contribution in [0.4, 0.5) is 5.69 Å². The quantitative estimate of drug-likeness (QED) is 0.922. The molecule has 1 aliphatic rings. The highest BCUT2D eigenvalue weighted by Crippen LogP contribution is 2.26. The normalized spacial score (nSPS) is 23.9. The second kappa shape index (κ2) is 4.78. The van der Waals surface area contributed by atoms with E-state index in [1.165, 1.54) is 4.68 Å². The summed E-state index contributed by atoms with van der Waals surface area (Å²) in [6.45, 7) is 5.94. The summed E-state index contributed by atoms with van der Waals surface area (Å²) in [6.07, 6.45) is 2.61. The van der Waals surface area contributed by atoms with Crippen LogP contribution in [-0.4, -0.2) is 28.5 Å². The van der Waals surface area contributed by atoms with Gasteiger partial charge >= 0.3 is 0 Å². The SMILES string of the molecule is CCn1ncc(NC2(C)CCOC2)c(Br)c1=O. The van der Waals surface area contributed by atoms with Crippen LogP contribution in [0, 0.1) is 0 Å². The predicted molar refractivity (Wildman–Crippen MR) is 69.3 cm³/mol. The average Bonchev–Trinajstić information content (AvgIpc) is 2.72. The number of aromatic nitrogens is 2. The lowest BCUT2D eigenvalue weighted by molar-refractivity contribution is 0.185. The van der Waals surface area contributed by atoms with Crippen LogP contribution < -0.4 is 10.9 Å². The Kier molecular flexibility index (Phi) is 3.53. The highest BCUT2D eigenvalue weighted by molar-refractivity contribution is 9.10. The van der Waals surface area contributed by atoms with E-state index < -0.39 is 0 Å². The van der Waals surface area contributed by atoms with Gasteiger partial charge in [-0.15, -0.1) is 0 Å². The van der Waals surface area contributed by atoms with Crippen molar-refractivity contribution in [3.05, 3.63) is 21.0 Å². The molecular formula is C11H16BrN3O2. The Morgan fingerprint density at radius 2 is 2.47 bits per heavy atom. The minimum atomic E-state index is -0.116. The summed E-state index contributed by atoms with van der Waals surface area (Å²) < 4.78 is 7.32. The van der Waals surface area contributed by atoms with Crippen LogP contribution in [0.25, 0.3) is 0 Å². The summed E-state index contributed by atoms with van der Waals surface area (Å²) in [7, 11) is 0. The van der Waals surface area contributed by atoms with Gasteiger partial charge in [-0.1, -0.05) is 0 Å². The standard InChI is InChI=1S/C11H16BrN3O2/c1-3-15-10(16)9(12)8(6-13-15)14-11(2)4-5-17-7-11/h6,14H,3-5,7H2,1-2H3. The Morgan fingerprint density at radius 3 is 3.06 bits per heavy atom. The molecule has 1 aliphatic heterocycles. The first-order chi connectivity index (χ1) is 8.06. The van der Waals surface area contributed by atoms with E-state index in [2.05, 4.69) is 33.3 Å². The molecule has 0 radical (unpaired) electrons. The van der Waals surface area contributed by atoms with Crippen LogP contribution >= 0.6 is 15.9 Å². The van der Waals surface area contributed by atoms with E-state index in [4.69, 9.17) is 4.74 Å². The largest absolute Gasteiger partial charge is 0.379 e. The number of hydrogen-bond acceptors (Lipinski definition) is 4. The first-order valence-electron chi connectivity index (χ1n) is 5.67. The molecule has 0 aromatic carbocycles. The summed E-state index contributed by atoms with van der Waals surface area (Å²) in [5.41, 5.74) is 0.502. The van der Waals surface area contributed by atoms with Gasteiger partial charge in [-0.25, -0.2) is 4.68 Å². The van der Waals surface area contributed by atoms with Crippen LogP contribution in [0.5, 0.6) is 0 Å². The smallest absolute Gasteiger partial charge is 0.283 e. The Balaban J connectivity index is 2.28. The van der Waals surface area contributed by atoms with Gasteiger partial charge < -0.3 is 10.1 Å². The van der Waals surface area contributed by atoms with Crippen LogP contribution in [0.3, 0.4) is 0 Å². The molecule has 1 aromatic heterocycles. The zero-order valence-corrected chi connectivity index (χ0v) is 11.6. The lowest BCUT2D eigenvalue weighted by atomic mass is 10.0. The monoisotopic (exact) mass is 301 g/mol. The van der Waals surface area contributed by atoms with Gasteiger partial charge in [0.15, 0.2) is 0 Å². The fraction of sp³-hybridized carbons (Fsp3) is 0.636. The first kappa shape index (κ1) is 12.6. The molecule has 5 nitrogen and oxygen atoms in total. The van der Waals surface area contributed by atoms with E-state index in [0.717, 1.165) is 18.7 Å². The van der Waals surface area contributed by atoms with Gasteiger partial charge in [0, 0.05) is 13.2 Å². The lowest BCUT2D eigenvalue weighted by Crippen LogP contribution is -2.36. The molecule has 6 heteroatoms. The summed E-state index contributed by atoms with van der Waals surface area (Å²) in [4.78, 5) is 11.9. The maximum Gasteiger partial charge on any atom is 0.283 e. The Morgan fingerprint density at radius 1 is 1.71 bits per heavy atom. The van der Waals surface area contributed by atoms with Gasteiger partial charge in [0.25, 0.3) is 5.56 Å². The fourth-order valence-electron chi connectivity index (χ4n) is 1.87. The highest BCUT2D eigenvalue weighted by atomic mass is 79.9. The molecule has 0 spiro atoms. The zero-order valence-electron chi connectivity index (χ0n) is 9.99. The first-order valence-corrected chi connectivity index (χ1v) is 6.46. The molecular weight excluding hydrogens is 286 g/mol. The van der Waals surface area contributed by atoms with Crippen molar-refractivity contribution in [2.45, 2.75) is 32.4 Å². The third kappa shape index (κ3) is 2.52. The molecule has 0 saturated carbocycles. The molecule has 0 aliphatic carbocycles. The molecule has 1 aromatic rings. The second-order valence-corrected chi connectivity index (χ2v) is 5.27. The predicted octanol–water partition coefficient (Wildman–Crippen LogP) is 1.62. The Hall–Kier alpha value is -0.880. The number of ether oxygens (including phenoxy) is 1. The molecule has 1 atom stereocenters. The molecule has 94 valence electrons. The summed E-state index contributed by atoms with van der Waals surface area (Å²) in [5.74, 6) is 0. The van der Waals surface area contributed by atoms with Crippen molar-refractivity contribution < 1.29 is 4.74 Å². The van der Waals surface area contributed by atoms with Crippen molar-refractivity contribution in [2.75, 3.05) is 18.5 Å². The van der Waals surface area contributed by atoms with Crippen molar-refractivity contribution in [2.24, 2.45) is 0 Å². The van der Waals surface area contributed by atoms with Crippen molar-refractivity contribution >= 4 is 21.6 Å². The third-order valence-corrected chi connectivity index (χ3v) is 3.71. The number of aryl methyl sites for hydroxylation is 1. The minimum Gasteiger partial charge on any atom is -0.379 e. The topological polar surface area (TPSA) is 56.1 Å². The molecule has 2 rings (SSSR count). The molecule has 0 bridgehead atoms. The molecule has 17 heavy (non-hydrogen) atoms. The lowest BCUT2D eigenvalue weighted by Gasteiger charge is -2.25. The molecule has 1 N–H and O–H groups in total. The number of nitrogens with zero attached hydrogens (tertiary/aromatic N) is 2. The molecule has 1 saturated heterocycles. The van der Waals surface area contributed by atoms with E-state index in [9.17, 15) is 4.79 Å². The van der Waals surface area contributed by atoms with Crippen LogP contribution in [0.1, 0.15) is 20.3 Å². The van der Waals surface area contributed by atoms with Crippen molar-refractivity contribution in [3.63, 3.8) is 0 Å². The number of anilines is 1. The fourth-order valence-corrected chi connectivity index (χ4v) is 2.27. The Bertz CT molecular complexity index is 466. The van der Waals surface area contributed by atoms with Crippen molar-refractivity contribution in [3.8, 4) is 0 Å². The van der Waals surface area contributed by atoms with Gasteiger partial charge in [0.2, 0.25) is 0 Å². The molecule has 0 amide bonds. The number of halogens is 1. The molecule has 1 fully saturated rings. The zero-order chi connectivity index (χ0) is 12.5.